The van der Waals surface area contributed by atoms with Crippen LogP contribution in [0.5, 0.6) is 0 Å². The van der Waals surface area contributed by atoms with E-state index in [-0.39, 0.29) is 11.3 Å². The minimum Gasteiger partial charge on any atom is -0.507 e. The Morgan fingerprint density at radius 3 is 1.74 bits per heavy atom. The molecule has 1 aliphatic heterocycles. The van der Waals surface area contributed by atoms with E-state index in [1.807, 2.05) is 49.4 Å². The molecule has 1 aliphatic rings. The minimum absolute atomic E-state index is 0.0966. The number of carbonyl (C=O) groups is 2. The van der Waals surface area contributed by atoms with Crippen LogP contribution in [0.1, 0.15) is 120 Å². The SMILES string of the molecule is CCCCCCCCCCCCCCCCN1C(=O)C(=O)/C(=C(/O)c2ccc(C)cc2)[C@H]1c1ccccc1. The summed E-state index contributed by atoms with van der Waals surface area (Å²) in [5.74, 6) is -1.20. The van der Waals surface area contributed by atoms with E-state index in [2.05, 4.69) is 6.92 Å². The number of benzene rings is 2. The third-order valence-corrected chi connectivity index (χ3v) is 7.73. The molecule has 0 spiro atoms. The van der Waals surface area contributed by atoms with Crippen LogP contribution in [0, 0.1) is 6.92 Å². The highest BCUT2D eigenvalue weighted by Gasteiger charge is 2.45. The number of aryl methyl sites for hydroxylation is 1. The number of unbranched alkanes of at least 4 members (excludes halogenated alkanes) is 13. The Balaban J connectivity index is 1.49. The van der Waals surface area contributed by atoms with Gasteiger partial charge in [0.1, 0.15) is 5.76 Å². The predicted octanol–water partition coefficient (Wildman–Crippen LogP) is 8.90. The molecule has 1 amide bonds. The second-order valence-corrected chi connectivity index (χ2v) is 10.9. The highest BCUT2D eigenvalue weighted by molar-refractivity contribution is 6.46. The molecule has 38 heavy (non-hydrogen) atoms. The molecule has 4 nitrogen and oxygen atoms in total. The van der Waals surface area contributed by atoms with Gasteiger partial charge in [-0.05, 0) is 18.9 Å². The van der Waals surface area contributed by atoms with Crippen LogP contribution in [0.4, 0.5) is 0 Å². The first-order valence-electron chi connectivity index (χ1n) is 14.9. The van der Waals surface area contributed by atoms with Gasteiger partial charge >= 0.3 is 0 Å². The molecule has 3 rings (SSSR count). The maximum Gasteiger partial charge on any atom is 0.295 e. The van der Waals surface area contributed by atoms with Crippen LogP contribution < -0.4 is 0 Å². The van der Waals surface area contributed by atoms with Crippen LogP contribution >= 0.6 is 0 Å². The first-order valence-corrected chi connectivity index (χ1v) is 14.9. The summed E-state index contributed by atoms with van der Waals surface area (Å²) in [4.78, 5) is 27.9. The number of amides is 1. The lowest BCUT2D eigenvalue weighted by Gasteiger charge is -2.25. The molecule has 0 radical (unpaired) electrons. The molecule has 0 aliphatic carbocycles. The molecule has 1 N–H and O–H groups in total. The summed E-state index contributed by atoms with van der Waals surface area (Å²) in [7, 11) is 0. The maximum atomic E-state index is 13.1. The van der Waals surface area contributed by atoms with Crippen molar-refractivity contribution in [2.45, 2.75) is 110 Å². The van der Waals surface area contributed by atoms with Crippen LogP contribution in [0.2, 0.25) is 0 Å². The van der Waals surface area contributed by atoms with E-state index in [1.165, 1.54) is 70.6 Å². The van der Waals surface area contributed by atoms with E-state index in [0.29, 0.717) is 12.1 Å². The molecule has 0 bridgehead atoms. The Bertz CT molecular complexity index is 1030. The lowest BCUT2D eigenvalue weighted by molar-refractivity contribution is -0.139. The summed E-state index contributed by atoms with van der Waals surface area (Å²) in [6.45, 7) is 4.76. The van der Waals surface area contributed by atoms with Gasteiger partial charge in [0.25, 0.3) is 11.7 Å². The van der Waals surface area contributed by atoms with Gasteiger partial charge < -0.3 is 10.0 Å². The number of nitrogens with zero attached hydrogens (tertiary/aromatic N) is 1. The van der Waals surface area contributed by atoms with Crippen LogP contribution in [0.3, 0.4) is 0 Å². The Kier molecular flexibility index (Phi) is 12.6. The lowest BCUT2D eigenvalue weighted by atomic mass is 9.95. The zero-order valence-electron chi connectivity index (χ0n) is 23.6. The first-order chi connectivity index (χ1) is 18.5. The van der Waals surface area contributed by atoms with Crippen LogP contribution in [0.25, 0.3) is 5.76 Å². The largest absolute Gasteiger partial charge is 0.507 e. The maximum absolute atomic E-state index is 13.1. The summed E-state index contributed by atoms with van der Waals surface area (Å²) in [5.41, 5.74) is 2.67. The minimum atomic E-state index is -0.595. The summed E-state index contributed by atoms with van der Waals surface area (Å²) < 4.78 is 0. The monoisotopic (exact) mass is 517 g/mol. The Morgan fingerprint density at radius 2 is 1.21 bits per heavy atom. The van der Waals surface area contributed by atoms with Gasteiger partial charge in [-0.2, -0.15) is 0 Å². The smallest absolute Gasteiger partial charge is 0.295 e. The third-order valence-electron chi connectivity index (χ3n) is 7.73. The number of aliphatic hydroxyl groups is 1. The third kappa shape index (κ3) is 8.58. The number of carbonyl (C=O) groups excluding carboxylic acids is 2. The van der Waals surface area contributed by atoms with Gasteiger partial charge in [0, 0.05) is 12.1 Å². The van der Waals surface area contributed by atoms with Crippen molar-refractivity contribution in [3.63, 3.8) is 0 Å². The lowest BCUT2D eigenvalue weighted by Crippen LogP contribution is -2.30. The van der Waals surface area contributed by atoms with Crippen molar-refractivity contribution in [2.75, 3.05) is 6.54 Å². The standard InChI is InChI=1S/C34H47NO3/c1-3-4-5-6-7-8-9-10-11-12-13-14-15-19-26-35-31(28-20-17-16-18-21-28)30(33(37)34(35)38)32(36)29-24-22-27(2)23-25-29/h16-18,20-25,31,36H,3-15,19,26H2,1-2H3/b32-30+/t31-/m1/s1. The van der Waals surface area contributed by atoms with Crippen molar-refractivity contribution in [2.24, 2.45) is 0 Å². The molecule has 0 saturated carbocycles. The summed E-state index contributed by atoms with van der Waals surface area (Å²) in [6.07, 6.45) is 17.8. The van der Waals surface area contributed by atoms with Gasteiger partial charge in [0.2, 0.25) is 0 Å². The number of likely N-dealkylation sites (tertiary alicyclic amines) is 1. The second kappa shape index (κ2) is 16.2. The van der Waals surface area contributed by atoms with E-state index in [0.717, 1.165) is 30.4 Å². The van der Waals surface area contributed by atoms with Crippen molar-refractivity contribution in [3.05, 3.63) is 76.9 Å². The number of hydrogen-bond donors (Lipinski definition) is 1. The fourth-order valence-electron chi connectivity index (χ4n) is 5.44. The zero-order valence-corrected chi connectivity index (χ0v) is 23.6. The average molecular weight is 518 g/mol. The van der Waals surface area contributed by atoms with Crippen molar-refractivity contribution in [1.82, 2.24) is 4.90 Å². The van der Waals surface area contributed by atoms with E-state index in [9.17, 15) is 14.7 Å². The Morgan fingerprint density at radius 1 is 0.711 bits per heavy atom. The Hall–Kier alpha value is -2.88. The van der Waals surface area contributed by atoms with Gasteiger partial charge in [0.15, 0.2) is 0 Å². The van der Waals surface area contributed by atoms with E-state index < -0.39 is 17.7 Å². The predicted molar refractivity (Wildman–Crippen MR) is 157 cm³/mol. The van der Waals surface area contributed by atoms with Crippen molar-refractivity contribution < 1.29 is 14.7 Å². The fraction of sp³-hybridized carbons (Fsp3) is 0.529. The number of Topliss-reactive ketones (excluding diaryl/α,β-unsaturated/α-hetero) is 1. The number of hydrogen-bond acceptors (Lipinski definition) is 3. The van der Waals surface area contributed by atoms with Crippen molar-refractivity contribution in [3.8, 4) is 0 Å². The highest BCUT2D eigenvalue weighted by atomic mass is 16.3. The van der Waals surface area contributed by atoms with Crippen LogP contribution in [0.15, 0.2) is 60.2 Å². The molecule has 1 atom stereocenters. The molecule has 1 heterocycles. The van der Waals surface area contributed by atoms with E-state index in [1.54, 1.807) is 17.0 Å². The quantitative estimate of drug-likeness (QED) is 0.0986. The van der Waals surface area contributed by atoms with Gasteiger partial charge in [-0.25, -0.2) is 0 Å². The van der Waals surface area contributed by atoms with E-state index >= 15 is 0 Å². The molecule has 4 heteroatoms. The normalized spacial score (nSPS) is 16.9. The number of aliphatic hydroxyl groups excluding tert-OH is 1. The van der Waals surface area contributed by atoms with Crippen molar-refractivity contribution in [1.29, 1.82) is 0 Å². The molecule has 2 aromatic carbocycles. The van der Waals surface area contributed by atoms with E-state index in [4.69, 9.17) is 0 Å². The highest BCUT2D eigenvalue weighted by Crippen LogP contribution is 2.39. The molecule has 2 aromatic rings. The molecule has 1 fully saturated rings. The summed E-state index contributed by atoms with van der Waals surface area (Å²) in [6, 6.07) is 16.4. The summed E-state index contributed by atoms with van der Waals surface area (Å²) in [5, 5.41) is 11.1. The van der Waals surface area contributed by atoms with Crippen LogP contribution in [-0.4, -0.2) is 28.2 Å². The number of rotatable bonds is 17. The topological polar surface area (TPSA) is 57.6 Å². The average Bonchev–Trinajstić information content (AvgIpc) is 3.18. The van der Waals surface area contributed by atoms with Crippen molar-refractivity contribution >= 4 is 17.4 Å². The molecule has 1 saturated heterocycles. The fourth-order valence-corrected chi connectivity index (χ4v) is 5.44. The molecule has 0 aromatic heterocycles. The van der Waals surface area contributed by atoms with Crippen LogP contribution in [-0.2, 0) is 9.59 Å². The molecular formula is C34H47NO3. The van der Waals surface area contributed by atoms with Gasteiger partial charge in [-0.15, -0.1) is 0 Å². The summed E-state index contributed by atoms with van der Waals surface area (Å²) >= 11 is 0. The second-order valence-electron chi connectivity index (χ2n) is 10.9. The van der Waals surface area contributed by atoms with Gasteiger partial charge in [-0.1, -0.05) is 151 Å². The molecule has 206 valence electrons. The van der Waals surface area contributed by atoms with Gasteiger partial charge in [-0.3, -0.25) is 9.59 Å². The zero-order chi connectivity index (χ0) is 27.2. The molecule has 0 unspecified atom stereocenters. The molecular weight excluding hydrogens is 470 g/mol. The first kappa shape index (κ1) is 29.7. The Labute approximate surface area is 230 Å². The van der Waals surface area contributed by atoms with Gasteiger partial charge in [0.05, 0.1) is 11.6 Å². The number of ketones is 1.